The molecule has 0 aromatic carbocycles. The van der Waals surface area contributed by atoms with Crippen LogP contribution in [0.15, 0.2) is 0 Å². The van der Waals surface area contributed by atoms with Crippen molar-refractivity contribution in [3.05, 3.63) is 0 Å². The molecule has 0 saturated heterocycles. The van der Waals surface area contributed by atoms with Crippen molar-refractivity contribution in [3.63, 3.8) is 0 Å². The van der Waals surface area contributed by atoms with Gasteiger partial charge in [-0.05, 0) is 23.7 Å². The first kappa shape index (κ1) is 25.0. The van der Waals surface area contributed by atoms with Gasteiger partial charge in [-0.15, -0.1) is 0 Å². The third kappa shape index (κ3) is 12.9. The molecule has 152 valence electrons. The van der Waals surface area contributed by atoms with Crippen molar-refractivity contribution in [3.8, 4) is 0 Å². The Morgan fingerprint density at radius 3 is 1.48 bits per heavy atom. The largest absolute Gasteiger partial charge is 0.0654 e. The van der Waals surface area contributed by atoms with Crippen molar-refractivity contribution in [2.24, 2.45) is 17.3 Å². The fraction of sp³-hybridized carbons (Fsp3) is 1.00. The van der Waals surface area contributed by atoms with E-state index in [0.29, 0.717) is 5.41 Å². The van der Waals surface area contributed by atoms with Crippen LogP contribution in [0, 0.1) is 17.3 Å². The fourth-order valence-electron chi connectivity index (χ4n) is 4.38. The highest BCUT2D eigenvalue weighted by atomic mass is 14.4. The molecule has 0 fully saturated rings. The van der Waals surface area contributed by atoms with Gasteiger partial charge in [0.1, 0.15) is 0 Å². The fourth-order valence-corrected chi connectivity index (χ4v) is 4.38. The van der Waals surface area contributed by atoms with Crippen LogP contribution in [0.1, 0.15) is 144 Å². The zero-order valence-electron chi connectivity index (χ0n) is 19.0. The Morgan fingerprint density at radius 1 is 0.600 bits per heavy atom. The molecule has 2 atom stereocenters. The first-order valence-electron chi connectivity index (χ1n) is 12.0. The minimum atomic E-state index is 0.522. The van der Waals surface area contributed by atoms with E-state index in [1.165, 1.54) is 103 Å². The van der Waals surface area contributed by atoms with E-state index in [1.54, 1.807) is 0 Å². The summed E-state index contributed by atoms with van der Waals surface area (Å²) in [5.41, 5.74) is 0.522. The van der Waals surface area contributed by atoms with Crippen molar-refractivity contribution in [1.82, 2.24) is 0 Å². The third-order valence-corrected chi connectivity index (χ3v) is 6.82. The molecular weight excluding hydrogens is 300 g/mol. The molecule has 0 heterocycles. The standard InChI is InChI=1S/C25H52/c1-7-10-12-13-14-15-16-17-18-19-20-21-24(9-3)23(4)25(5,6)22-11-8-2/h23-24H,7-22H2,1-6H3. The third-order valence-electron chi connectivity index (χ3n) is 6.82. The molecule has 0 N–H and O–H groups in total. The number of unbranched alkanes of at least 4 members (excludes halogenated alkanes) is 11. The van der Waals surface area contributed by atoms with E-state index < -0.39 is 0 Å². The van der Waals surface area contributed by atoms with Crippen molar-refractivity contribution in [2.45, 2.75) is 144 Å². The predicted molar refractivity (Wildman–Crippen MR) is 117 cm³/mol. The lowest BCUT2D eigenvalue weighted by Crippen LogP contribution is -2.28. The summed E-state index contributed by atoms with van der Waals surface area (Å²) in [4.78, 5) is 0. The predicted octanol–water partition coefficient (Wildman–Crippen LogP) is 9.57. The maximum atomic E-state index is 2.53. The van der Waals surface area contributed by atoms with Crippen molar-refractivity contribution in [2.75, 3.05) is 0 Å². The molecule has 0 aromatic heterocycles. The van der Waals surface area contributed by atoms with Crippen LogP contribution in [0.4, 0.5) is 0 Å². The van der Waals surface area contributed by atoms with Gasteiger partial charge >= 0.3 is 0 Å². The smallest absolute Gasteiger partial charge is 0.0326 e. The Hall–Kier alpha value is 0. The second-order valence-electron chi connectivity index (χ2n) is 9.37. The van der Waals surface area contributed by atoms with Crippen LogP contribution < -0.4 is 0 Å². The summed E-state index contributed by atoms with van der Waals surface area (Å²) in [6.45, 7) is 14.6. The molecule has 0 bridgehead atoms. The van der Waals surface area contributed by atoms with E-state index in [-0.39, 0.29) is 0 Å². The summed E-state index contributed by atoms with van der Waals surface area (Å²) in [7, 11) is 0. The molecule has 25 heavy (non-hydrogen) atoms. The first-order valence-corrected chi connectivity index (χ1v) is 12.0. The van der Waals surface area contributed by atoms with E-state index in [0.717, 1.165) is 11.8 Å². The van der Waals surface area contributed by atoms with Gasteiger partial charge in [0.05, 0.1) is 0 Å². The van der Waals surface area contributed by atoms with E-state index in [4.69, 9.17) is 0 Å². The van der Waals surface area contributed by atoms with Crippen LogP contribution >= 0.6 is 0 Å². The Kier molecular flexibility index (Phi) is 16.2. The van der Waals surface area contributed by atoms with Crippen LogP contribution in [0.25, 0.3) is 0 Å². The van der Waals surface area contributed by atoms with Gasteiger partial charge in [0, 0.05) is 0 Å². The molecule has 0 aliphatic heterocycles. The average molecular weight is 353 g/mol. The van der Waals surface area contributed by atoms with Gasteiger partial charge in [0.15, 0.2) is 0 Å². The van der Waals surface area contributed by atoms with Gasteiger partial charge in [-0.3, -0.25) is 0 Å². The lowest BCUT2D eigenvalue weighted by atomic mass is 9.68. The van der Waals surface area contributed by atoms with Crippen LogP contribution in [-0.2, 0) is 0 Å². The summed E-state index contributed by atoms with van der Waals surface area (Å²) >= 11 is 0. The number of rotatable bonds is 18. The molecule has 0 rings (SSSR count). The van der Waals surface area contributed by atoms with Crippen LogP contribution in [-0.4, -0.2) is 0 Å². The minimum Gasteiger partial charge on any atom is -0.0654 e. The molecule has 0 aliphatic rings. The second kappa shape index (κ2) is 16.2. The summed E-state index contributed by atoms with van der Waals surface area (Å²) < 4.78 is 0. The van der Waals surface area contributed by atoms with Crippen molar-refractivity contribution >= 4 is 0 Å². The van der Waals surface area contributed by atoms with Crippen LogP contribution in [0.5, 0.6) is 0 Å². The summed E-state index contributed by atoms with van der Waals surface area (Å²) in [5.74, 6) is 1.80. The van der Waals surface area contributed by atoms with E-state index in [1.807, 2.05) is 0 Å². The molecular formula is C25H52. The normalized spacial score (nSPS) is 14.6. The van der Waals surface area contributed by atoms with Crippen LogP contribution in [0.3, 0.4) is 0 Å². The zero-order chi connectivity index (χ0) is 19.0. The van der Waals surface area contributed by atoms with Gasteiger partial charge in [-0.2, -0.15) is 0 Å². The second-order valence-corrected chi connectivity index (χ2v) is 9.37. The highest BCUT2D eigenvalue weighted by molar-refractivity contribution is 4.80. The molecule has 0 heteroatoms. The first-order chi connectivity index (χ1) is 12.0. The van der Waals surface area contributed by atoms with Crippen molar-refractivity contribution < 1.29 is 0 Å². The number of hydrogen-bond donors (Lipinski definition) is 0. The summed E-state index contributed by atoms with van der Waals surface area (Å²) in [5, 5.41) is 0. The molecule has 0 aromatic rings. The van der Waals surface area contributed by atoms with Gasteiger partial charge in [0.2, 0.25) is 0 Å². The Bertz CT molecular complexity index is 265. The molecule has 0 saturated carbocycles. The Balaban J connectivity index is 3.73. The van der Waals surface area contributed by atoms with Gasteiger partial charge in [-0.25, -0.2) is 0 Å². The molecule has 0 nitrogen and oxygen atoms in total. The summed E-state index contributed by atoms with van der Waals surface area (Å²) in [6.07, 6.45) is 23.0. The van der Waals surface area contributed by atoms with Crippen LogP contribution in [0.2, 0.25) is 0 Å². The van der Waals surface area contributed by atoms with Crippen molar-refractivity contribution in [1.29, 1.82) is 0 Å². The lowest BCUT2D eigenvalue weighted by Gasteiger charge is -2.37. The minimum absolute atomic E-state index is 0.522. The lowest BCUT2D eigenvalue weighted by molar-refractivity contribution is 0.128. The molecule has 0 spiro atoms. The zero-order valence-corrected chi connectivity index (χ0v) is 19.0. The molecule has 0 aliphatic carbocycles. The average Bonchev–Trinajstić information content (AvgIpc) is 2.60. The highest BCUT2D eigenvalue weighted by Gasteiger charge is 2.30. The van der Waals surface area contributed by atoms with E-state index in [2.05, 4.69) is 41.5 Å². The van der Waals surface area contributed by atoms with Gasteiger partial charge < -0.3 is 0 Å². The molecule has 0 amide bonds. The molecule has 0 radical (unpaired) electrons. The highest BCUT2D eigenvalue weighted by Crippen LogP contribution is 2.40. The summed E-state index contributed by atoms with van der Waals surface area (Å²) in [6, 6.07) is 0. The topological polar surface area (TPSA) is 0 Å². The maximum absolute atomic E-state index is 2.53. The number of hydrogen-bond acceptors (Lipinski definition) is 0. The molecule has 2 unspecified atom stereocenters. The monoisotopic (exact) mass is 352 g/mol. The van der Waals surface area contributed by atoms with E-state index >= 15 is 0 Å². The Labute approximate surface area is 161 Å². The quantitative estimate of drug-likeness (QED) is 0.215. The SMILES string of the molecule is CCCCCCCCCCCCCC(CC)C(C)C(C)(C)CCCC. The van der Waals surface area contributed by atoms with E-state index in [9.17, 15) is 0 Å². The van der Waals surface area contributed by atoms with Gasteiger partial charge in [0.25, 0.3) is 0 Å². The maximum Gasteiger partial charge on any atom is -0.0326 e. The Morgan fingerprint density at radius 2 is 1.04 bits per heavy atom. The van der Waals surface area contributed by atoms with Gasteiger partial charge in [-0.1, -0.05) is 138 Å².